The first-order chi connectivity index (χ1) is 7.61. The smallest absolute Gasteiger partial charge is 0.204 e. The van der Waals surface area contributed by atoms with Crippen LogP contribution in [0, 0.1) is 6.92 Å². The second kappa shape index (κ2) is 5.60. The minimum Gasteiger partial charge on any atom is -0.367 e. The molecule has 3 heteroatoms. The lowest BCUT2D eigenvalue weighted by atomic mass is 9.90. The molecule has 0 aliphatic heterocycles. The third kappa shape index (κ3) is 2.36. The predicted octanol–water partition coefficient (Wildman–Crippen LogP) is 3.83. The fraction of sp³-hybridized carbons (Fsp3) is 0.615. The summed E-state index contributed by atoms with van der Waals surface area (Å²) in [4.78, 5) is 13.3. The van der Waals surface area contributed by atoms with E-state index in [4.69, 9.17) is 4.74 Å². The molecule has 2 nitrogen and oxygen atoms in total. The molecule has 1 aromatic rings. The van der Waals surface area contributed by atoms with Crippen LogP contribution in [0.3, 0.4) is 0 Å². The Morgan fingerprint density at radius 1 is 1.38 bits per heavy atom. The van der Waals surface area contributed by atoms with Gasteiger partial charge in [-0.1, -0.05) is 13.8 Å². The molecule has 0 fully saturated rings. The van der Waals surface area contributed by atoms with Gasteiger partial charge in [-0.3, -0.25) is 4.79 Å². The summed E-state index contributed by atoms with van der Waals surface area (Å²) in [5, 5.41) is 1.96. The largest absolute Gasteiger partial charge is 0.367 e. The van der Waals surface area contributed by atoms with Gasteiger partial charge in [-0.25, -0.2) is 0 Å². The minimum absolute atomic E-state index is 0.145. The number of thiophene rings is 1. The van der Waals surface area contributed by atoms with E-state index in [9.17, 15) is 4.79 Å². The van der Waals surface area contributed by atoms with Crippen LogP contribution in [0.15, 0.2) is 11.4 Å². The van der Waals surface area contributed by atoms with Crippen molar-refractivity contribution in [1.82, 2.24) is 0 Å². The summed E-state index contributed by atoms with van der Waals surface area (Å²) in [6, 6.07) is 1.99. The molecular formula is C13H20O2S. The van der Waals surface area contributed by atoms with E-state index in [1.807, 2.05) is 39.1 Å². The first-order valence-corrected chi connectivity index (χ1v) is 6.72. The van der Waals surface area contributed by atoms with Crippen molar-refractivity contribution in [2.45, 2.75) is 46.1 Å². The first-order valence-electron chi connectivity index (χ1n) is 5.84. The minimum atomic E-state index is -0.621. The Hall–Kier alpha value is -0.670. The highest BCUT2D eigenvalue weighted by Crippen LogP contribution is 2.29. The van der Waals surface area contributed by atoms with Crippen LogP contribution in [0.5, 0.6) is 0 Å². The van der Waals surface area contributed by atoms with Crippen molar-refractivity contribution in [1.29, 1.82) is 0 Å². The van der Waals surface area contributed by atoms with Gasteiger partial charge in [-0.15, -0.1) is 11.3 Å². The fourth-order valence-corrected chi connectivity index (χ4v) is 2.88. The number of hydrogen-bond donors (Lipinski definition) is 0. The number of Topliss-reactive ketones (excluding diaryl/α,β-unsaturated/α-hetero) is 1. The van der Waals surface area contributed by atoms with Crippen LogP contribution in [0.1, 0.15) is 48.8 Å². The Morgan fingerprint density at radius 2 is 2.00 bits per heavy atom. The monoisotopic (exact) mass is 240 g/mol. The normalized spacial score (nSPS) is 11.8. The van der Waals surface area contributed by atoms with Crippen LogP contribution in [-0.4, -0.2) is 18.0 Å². The van der Waals surface area contributed by atoms with Gasteiger partial charge in [0.1, 0.15) is 5.60 Å². The van der Waals surface area contributed by atoms with Gasteiger partial charge in [0.25, 0.3) is 0 Å². The molecule has 0 N–H and O–H groups in total. The number of carbonyl (C=O) groups excluding carboxylic acids is 1. The zero-order chi connectivity index (χ0) is 12.2. The summed E-state index contributed by atoms with van der Waals surface area (Å²) < 4.78 is 5.73. The number of rotatable bonds is 6. The van der Waals surface area contributed by atoms with Crippen molar-refractivity contribution in [3.8, 4) is 0 Å². The summed E-state index contributed by atoms with van der Waals surface area (Å²) in [6.07, 6.45) is 1.46. The molecule has 0 amide bonds. The number of aryl methyl sites for hydroxylation is 1. The molecule has 0 aliphatic carbocycles. The van der Waals surface area contributed by atoms with Crippen molar-refractivity contribution >= 4 is 17.1 Å². The van der Waals surface area contributed by atoms with E-state index in [0.29, 0.717) is 6.61 Å². The van der Waals surface area contributed by atoms with Crippen LogP contribution in [-0.2, 0) is 4.74 Å². The highest BCUT2D eigenvalue weighted by Gasteiger charge is 2.37. The third-order valence-electron chi connectivity index (χ3n) is 3.04. The van der Waals surface area contributed by atoms with E-state index in [1.165, 1.54) is 11.3 Å². The standard InChI is InChI=1S/C13H20O2S/c1-5-13(6-2,15-7-3)12(14)11-10(4)8-9-16-11/h8-9H,5-7H2,1-4H3. The zero-order valence-electron chi connectivity index (χ0n) is 10.5. The summed E-state index contributed by atoms with van der Waals surface area (Å²) >= 11 is 1.51. The van der Waals surface area contributed by atoms with E-state index in [1.54, 1.807) is 0 Å². The number of hydrogen-bond acceptors (Lipinski definition) is 3. The summed E-state index contributed by atoms with van der Waals surface area (Å²) in [6.45, 7) is 8.53. The summed E-state index contributed by atoms with van der Waals surface area (Å²) in [7, 11) is 0. The maximum absolute atomic E-state index is 12.5. The van der Waals surface area contributed by atoms with Crippen LogP contribution in [0.25, 0.3) is 0 Å². The van der Waals surface area contributed by atoms with E-state index < -0.39 is 5.60 Å². The SMILES string of the molecule is CCOC(CC)(CC)C(=O)c1sccc1C. The molecule has 1 aromatic heterocycles. The van der Waals surface area contributed by atoms with Crippen molar-refractivity contribution in [3.05, 3.63) is 21.9 Å². The Kier molecular flexibility index (Phi) is 4.69. The Labute approximate surface area is 102 Å². The lowest BCUT2D eigenvalue weighted by Crippen LogP contribution is -2.40. The van der Waals surface area contributed by atoms with E-state index >= 15 is 0 Å². The highest BCUT2D eigenvalue weighted by atomic mass is 32.1. The average molecular weight is 240 g/mol. The number of ether oxygens (including phenoxy) is 1. The van der Waals surface area contributed by atoms with Gasteiger partial charge in [-0.05, 0) is 43.7 Å². The van der Waals surface area contributed by atoms with Gasteiger partial charge in [0.05, 0.1) is 4.88 Å². The maximum Gasteiger partial charge on any atom is 0.204 e. The summed E-state index contributed by atoms with van der Waals surface area (Å²) in [5.74, 6) is 0.145. The van der Waals surface area contributed by atoms with Gasteiger partial charge in [0, 0.05) is 6.61 Å². The van der Waals surface area contributed by atoms with Crippen molar-refractivity contribution < 1.29 is 9.53 Å². The molecule has 0 unspecified atom stereocenters. The molecule has 0 saturated heterocycles. The highest BCUT2D eigenvalue weighted by molar-refractivity contribution is 7.12. The van der Waals surface area contributed by atoms with Crippen LogP contribution in [0.2, 0.25) is 0 Å². The molecule has 0 spiro atoms. The molecule has 1 heterocycles. The predicted molar refractivity (Wildman–Crippen MR) is 68.3 cm³/mol. The molecule has 0 aliphatic rings. The third-order valence-corrected chi connectivity index (χ3v) is 4.06. The van der Waals surface area contributed by atoms with Crippen LogP contribution in [0.4, 0.5) is 0 Å². The second-order valence-corrected chi connectivity index (χ2v) is 4.81. The zero-order valence-corrected chi connectivity index (χ0v) is 11.3. The summed E-state index contributed by atoms with van der Waals surface area (Å²) in [5.41, 5.74) is 0.436. The lowest BCUT2D eigenvalue weighted by molar-refractivity contribution is -0.0247. The second-order valence-electron chi connectivity index (χ2n) is 3.90. The van der Waals surface area contributed by atoms with Crippen molar-refractivity contribution in [2.75, 3.05) is 6.61 Å². The molecular weight excluding hydrogens is 220 g/mol. The van der Waals surface area contributed by atoms with E-state index in [-0.39, 0.29) is 5.78 Å². The van der Waals surface area contributed by atoms with Gasteiger partial charge in [0.15, 0.2) is 0 Å². The first kappa shape index (κ1) is 13.4. The molecule has 16 heavy (non-hydrogen) atoms. The topological polar surface area (TPSA) is 26.3 Å². The molecule has 0 radical (unpaired) electrons. The quantitative estimate of drug-likeness (QED) is 0.706. The molecule has 90 valence electrons. The Balaban J connectivity index is 3.04. The molecule has 0 aromatic carbocycles. The van der Waals surface area contributed by atoms with Crippen LogP contribution >= 0.6 is 11.3 Å². The van der Waals surface area contributed by atoms with Gasteiger partial charge in [-0.2, -0.15) is 0 Å². The molecule has 0 atom stereocenters. The van der Waals surface area contributed by atoms with Crippen molar-refractivity contribution in [3.63, 3.8) is 0 Å². The van der Waals surface area contributed by atoms with Crippen LogP contribution < -0.4 is 0 Å². The van der Waals surface area contributed by atoms with Gasteiger partial charge >= 0.3 is 0 Å². The van der Waals surface area contributed by atoms with Gasteiger partial charge in [0.2, 0.25) is 5.78 Å². The van der Waals surface area contributed by atoms with E-state index in [0.717, 1.165) is 23.3 Å². The molecule has 0 saturated carbocycles. The maximum atomic E-state index is 12.5. The van der Waals surface area contributed by atoms with Crippen molar-refractivity contribution in [2.24, 2.45) is 0 Å². The van der Waals surface area contributed by atoms with E-state index in [2.05, 4.69) is 0 Å². The fourth-order valence-electron chi connectivity index (χ4n) is 1.93. The Morgan fingerprint density at radius 3 is 2.38 bits per heavy atom. The lowest BCUT2D eigenvalue weighted by Gasteiger charge is -2.29. The molecule has 1 rings (SSSR count). The molecule has 0 bridgehead atoms. The Bertz CT molecular complexity index is 351. The number of carbonyl (C=O) groups is 1. The average Bonchev–Trinajstić information content (AvgIpc) is 2.71. The van der Waals surface area contributed by atoms with Gasteiger partial charge < -0.3 is 4.74 Å². The number of ketones is 1.